The summed E-state index contributed by atoms with van der Waals surface area (Å²) < 4.78 is 19.0. The third kappa shape index (κ3) is 1.72. The first kappa shape index (κ1) is 10.4. The number of hydrogen-bond donors (Lipinski definition) is 1. The number of aromatic nitrogens is 2. The molecule has 0 aliphatic carbocycles. The molecule has 1 saturated heterocycles. The van der Waals surface area contributed by atoms with Gasteiger partial charge in [0.25, 0.3) is 0 Å². The molecule has 2 heterocycles. The Morgan fingerprint density at radius 1 is 1.35 bits per heavy atom. The smallest absolute Gasteiger partial charge is 0.220 e. The molecule has 5 heteroatoms. The van der Waals surface area contributed by atoms with Gasteiger partial charge in [-0.2, -0.15) is 0 Å². The number of benzene rings is 1. The summed E-state index contributed by atoms with van der Waals surface area (Å²) in [5, 5.41) is 0.731. The van der Waals surface area contributed by atoms with Gasteiger partial charge in [0.1, 0.15) is 11.3 Å². The molecule has 2 N–H and O–H groups in total. The molecule has 88 valence electrons. The topological polar surface area (TPSA) is 61.0 Å². The lowest BCUT2D eigenvalue weighted by atomic mass is 10.00. The minimum absolute atomic E-state index is 0.115. The Morgan fingerprint density at radius 2 is 2.24 bits per heavy atom. The lowest BCUT2D eigenvalue weighted by Gasteiger charge is -2.11. The van der Waals surface area contributed by atoms with Crippen LogP contribution in [0.1, 0.15) is 18.0 Å². The van der Waals surface area contributed by atoms with E-state index >= 15 is 0 Å². The third-order valence-electron chi connectivity index (χ3n) is 3.04. The molecule has 0 bridgehead atoms. The van der Waals surface area contributed by atoms with E-state index in [1.807, 2.05) is 6.07 Å². The van der Waals surface area contributed by atoms with Crippen LogP contribution in [0.3, 0.4) is 0 Å². The summed E-state index contributed by atoms with van der Waals surface area (Å²) in [4.78, 5) is 8.20. The van der Waals surface area contributed by atoms with Crippen LogP contribution in [0, 0.1) is 5.82 Å². The number of hydrogen-bond acceptors (Lipinski definition) is 4. The number of ether oxygens (including phenoxy) is 1. The van der Waals surface area contributed by atoms with E-state index in [0.717, 1.165) is 17.5 Å². The van der Waals surface area contributed by atoms with Crippen molar-refractivity contribution in [2.24, 2.45) is 0 Å². The first-order valence-corrected chi connectivity index (χ1v) is 5.55. The molecule has 1 aromatic carbocycles. The van der Waals surface area contributed by atoms with Crippen LogP contribution in [0.4, 0.5) is 10.3 Å². The van der Waals surface area contributed by atoms with Crippen molar-refractivity contribution in [2.45, 2.75) is 12.3 Å². The molecular formula is C12H12FN3O. The molecule has 3 rings (SSSR count). The van der Waals surface area contributed by atoms with Crippen LogP contribution in [0.2, 0.25) is 0 Å². The van der Waals surface area contributed by atoms with Crippen molar-refractivity contribution in [1.82, 2.24) is 9.97 Å². The Kier molecular flexibility index (Phi) is 2.40. The molecule has 0 saturated carbocycles. The van der Waals surface area contributed by atoms with Gasteiger partial charge in [-0.25, -0.2) is 14.4 Å². The molecule has 4 nitrogen and oxygen atoms in total. The van der Waals surface area contributed by atoms with Gasteiger partial charge in [0.15, 0.2) is 0 Å². The molecule has 0 amide bonds. The highest BCUT2D eigenvalue weighted by atomic mass is 19.1. The van der Waals surface area contributed by atoms with Crippen molar-refractivity contribution in [2.75, 3.05) is 18.9 Å². The number of fused-ring (bicyclic) bond motifs is 1. The van der Waals surface area contributed by atoms with E-state index in [9.17, 15) is 4.39 Å². The first-order valence-electron chi connectivity index (χ1n) is 5.55. The maximum absolute atomic E-state index is 13.7. The Balaban J connectivity index is 2.25. The van der Waals surface area contributed by atoms with Crippen LogP contribution in [0.15, 0.2) is 18.2 Å². The highest BCUT2D eigenvalue weighted by Crippen LogP contribution is 2.30. The van der Waals surface area contributed by atoms with Crippen LogP contribution in [0.25, 0.3) is 10.9 Å². The number of anilines is 1. The fourth-order valence-electron chi connectivity index (χ4n) is 2.22. The van der Waals surface area contributed by atoms with Crippen molar-refractivity contribution >= 4 is 16.9 Å². The van der Waals surface area contributed by atoms with Crippen molar-refractivity contribution in [3.05, 3.63) is 29.7 Å². The number of nitrogens with two attached hydrogens (primary N) is 1. The van der Waals surface area contributed by atoms with Crippen LogP contribution in [0.5, 0.6) is 0 Å². The van der Waals surface area contributed by atoms with Gasteiger partial charge in [0, 0.05) is 17.9 Å². The average molecular weight is 233 g/mol. The monoisotopic (exact) mass is 233 g/mol. The molecule has 1 fully saturated rings. The molecule has 1 unspecified atom stereocenters. The van der Waals surface area contributed by atoms with E-state index in [4.69, 9.17) is 10.5 Å². The zero-order valence-electron chi connectivity index (χ0n) is 9.19. The normalized spacial score (nSPS) is 19.9. The van der Waals surface area contributed by atoms with Crippen molar-refractivity contribution in [3.63, 3.8) is 0 Å². The fourth-order valence-corrected chi connectivity index (χ4v) is 2.22. The Morgan fingerprint density at radius 3 is 3.00 bits per heavy atom. The van der Waals surface area contributed by atoms with Gasteiger partial charge in [-0.15, -0.1) is 0 Å². The molecule has 1 aliphatic heterocycles. The van der Waals surface area contributed by atoms with E-state index in [2.05, 4.69) is 9.97 Å². The van der Waals surface area contributed by atoms with E-state index in [1.54, 1.807) is 6.07 Å². The molecule has 1 aromatic heterocycles. The quantitative estimate of drug-likeness (QED) is 0.816. The van der Waals surface area contributed by atoms with Gasteiger partial charge in [0.05, 0.1) is 12.3 Å². The summed E-state index contributed by atoms with van der Waals surface area (Å²) >= 11 is 0. The maximum Gasteiger partial charge on any atom is 0.220 e. The molecule has 1 atom stereocenters. The van der Waals surface area contributed by atoms with Gasteiger partial charge in [-0.1, -0.05) is 12.1 Å². The van der Waals surface area contributed by atoms with Crippen molar-refractivity contribution in [3.8, 4) is 0 Å². The van der Waals surface area contributed by atoms with Gasteiger partial charge in [0.2, 0.25) is 5.95 Å². The SMILES string of the molecule is Nc1nc(C2CCOC2)c2cccc(F)c2n1. The fraction of sp³-hybridized carbons (Fsp3) is 0.333. The largest absolute Gasteiger partial charge is 0.381 e. The Hall–Kier alpha value is -1.75. The van der Waals surface area contributed by atoms with E-state index in [1.165, 1.54) is 6.07 Å². The predicted octanol–water partition coefficient (Wildman–Crippen LogP) is 1.85. The van der Waals surface area contributed by atoms with Crippen molar-refractivity contribution in [1.29, 1.82) is 0 Å². The highest BCUT2D eigenvalue weighted by Gasteiger charge is 2.22. The van der Waals surface area contributed by atoms with Crippen LogP contribution < -0.4 is 5.73 Å². The molecule has 2 aromatic rings. The molecule has 1 aliphatic rings. The summed E-state index contributed by atoms with van der Waals surface area (Å²) in [6.07, 6.45) is 0.891. The Bertz CT molecular complexity index is 567. The maximum atomic E-state index is 13.7. The number of nitrogens with zero attached hydrogens (tertiary/aromatic N) is 2. The number of para-hydroxylation sites is 1. The predicted molar refractivity (Wildman–Crippen MR) is 62.1 cm³/mol. The van der Waals surface area contributed by atoms with Crippen LogP contribution in [-0.4, -0.2) is 23.2 Å². The second-order valence-electron chi connectivity index (χ2n) is 4.16. The summed E-state index contributed by atoms with van der Waals surface area (Å²) in [6, 6.07) is 4.87. The van der Waals surface area contributed by atoms with Crippen LogP contribution >= 0.6 is 0 Å². The van der Waals surface area contributed by atoms with Gasteiger partial charge >= 0.3 is 0 Å². The standard InChI is InChI=1S/C12H12FN3O/c13-9-3-1-2-8-10(7-4-5-17-6-7)15-12(14)16-11(8)9/h1-3,7H,4-6H2,(H2,14,15,16). The molecule has 17 heavy (non-hydrogen) atoms. The summed E-state index contributed by atoms with van der Waals surface area (Å²) in [5.41, 5.74) is 6.72. The molecule has 0 spiro atoms. The van der Waals surface area contributed by atoms with E-state index < -0.39 is 0 Å². The number of nitrogen functional groups attached to an aromatic ring is 1. The third-order valence-corrected chi connectivity index (χ3v) is 3.04. The van der Waals surface area contributed by atoms with E-state index in [0.29, 0.717) is 18.7 Å². The second-order valence-corrected chi connectivity index (χ2v) is 4.16. The number of halogens is 1. The second kappa shape index (κ2) is 3.92. The average Bonchev–Trinajstić information content (AvgIpc) is 2.83. The lowest BCUT2D eigenvalue weighted by Crippen LogP contribution is -2.07. The van der Waals surface area contributed by atoms with Gasteiger partial charge in [-0.05, 0) is 12.5 Å². The Labute approximate surface area is 97.6 Å². The van der Waals surface area contributed by atoms with Crippen LogP contribution in [-0.2, 0) is 4.74 Å². The summed E-state index contributed by atoms with van der Waals surface area (Å²) in [7, 11) is 0. The minimum atomic E-state index is -0.364. The van der Waals surface area contributed by atoms with Crippen molar-refractivity contribution < 1.29 is 9.13 Å². The summed E-state index contributed by atoms with van der Waals surface area (Å²) in [5.74, 6) is -0.0640. The minimum Gasteiger partial charge on any atom is -0.381 e. The van der Waals surface area contributed by atoms with E-state index in [-0.39, 0.29) is 17.7 Å². The van der Waals surface area contributed by atoms with Gasteiger partial charge < -0.3 is 10.5 Å². The zero-order chi connectivity index (χ0) is 11.8. The molecule has 0 radical (unpaired) electrons. The number of rotatable bonds is 1. The highest BCUT2D eigenvalue weighted by molar-refractivity contribution is 5.82. The molecular weight excluding hydrogens is 221 g/mol. The summed E-state index contributed by atoms with van der Waals surface area (Å²) in [6.45, 7) is 1.33. The lowest BCUT2D eigenvalue weighted by molar-refractivity contribution is 0.193. The zero-order valence-corrected chi connectivity index (χ0v) is 9.19. The first-order chi connectivity index (χ1) is 8.25. The van der Waals surface area contributed by atoms with Gasteiger partial charge in [-0.3, -0.25) is 0 Å².